The fourth-order valence-electron chi connectivity index (χ4n) is 2.65. The molecule has 1 aromatic carbocycles. The van der Waals surface area contributed by atoms with Crippen molar-refractivity contribution in [2.24, 2.45) is 0 Å². The van der Waals surface area contributed by atoms with Crippen LogP contribution in [0, 0.1) is 0 Å². The van der Waals surface area contributed by atoms with E-state index in [9.17, 15) is 4.79 Å². The molecule has 2 rings (SSSR count). The van der Waals surface area contributed by atoms with Crippen LogP contribution in [0.25, 0.3) is 0 Å². The molecule has 3 nitrogen and oxygen atoms in total. The first-order valence-electron chi connectivity index (χ1n) is 7.69. The van der Waals surface area contributed by atoms with Gasteiger partial charge in [-0.05, 0) is 69.2 Å². The second kappa shape index (κ2) is 6.78. The van der Waals surface area contributed by atoms with Gasteiger partial charge in [0, 0.05) is 6.04 Å². The van der Waals surface area contributed by atoms with Crippen LogP contribution in [0.3, 0.4) is 0 Å². The predicted octanol–water partition coefficient (Wildman–Crippen LogP) is 3.25. The minimum absolute atomic E-state index is 0.0276. The summed E-state index contributed by atoms with van der Waals surface area (Å²) in [4.78, 5) is 12.0. The van der Waals surface area contributed by atoms with Crippen LogP contribution >= 0.6 is 0 Å². The molecule has 0 spiro atoms. The number of hydrogen-bond acceptors (Lipinski definition) is 2. The van der Waals surface area contributed by atoms with Crippen molar-refractivity contribution < 1.29 is 9.53 Å². The third-order valence-electron chi connectivity index (χ3n) is 3.69. The molecule has 1 aliphatic carbocycles. The van der Waals surface area contributed by atoms with Crippen LogP contribution in [0.1, 0.15) is 51.2 Å². The largest absolute Gasteiger partial charge is 0.481 e. The minimum atomic E-state index is -0.404. The number of fused-ring (bicyclic) bond motifs is 1. The van der Waals surface area contributed by atoms with Gasteiger partial charge in [-0.3, -0.25) is 4.79 Å². The molecule has 20 heavy (non-hydrogen) atoms. The Labute approximate surface area is 121 Å². The normalized spacial score (nSPS) is 15.6. The monoisotopic (exact) mass is 275 g/mol. The number of rotatable bonds is 5. The quantitative estimate of drug-likeness (QED) is 0.896. The van der Waals surface area contributed by atoms with Crippen LogP contribution in [0.15, 0.2) is 18.2 Å². The number of ether oxygens (including phenoxy) is 1. The van der Waals surface area contributed by atoms with Crippen molar-refractivity contribution in [1.82, 2.24) is 5.32 Å². The average Bonchev–Trinajstić information content (AvgIpc) is 2.43. The molecular weight excluding hydrogens is 250 g/mol. The van der Waals surface area contributed by atoms with E-state index in [1.807, 2.05) is 26.8 Å². The smallest absolute Gasteiger partial charge is 0.261 e. The molecule has 3 heteroatoms. The lowest BCUT2D eigenvalue weighted by Gasteiger charge is -2.21. The summed E-state index contributed by atoms with van der Waals surface area (Å²) in [6.07, 6.45) is 5.10. The molecule has 0 aliphatic heterocycles. The summed E-state index contributed by atoms with van der Waals surface area (Å²) in [6, 6.07) is 6.40. The Balaban J connectivity index is 2.05. The van der Waals surface area contributed by atoms with E-state index < -0.39 is 6.10 Å². The van der Waals surface area contributed by atoms with Gasteiger partial charge in [-0.15, -0.1) is 0 Å². The third kappa shape index (κ3) is 3.75. The SMILES string of the molecule is CC[C@@H](Oc1ccc2c(c1)CCCC2)C(=O)NC(C)C. The van der Waals surface area contributed by atoms with Gasteiger partial charge in [-0.1, -0.05) is 13.0 Å². The Hall–Kier alpha value is -1.51. The molecule has 110 valence electrons. The Morgan fingerprint density at radius 1 is 1.25 bits per heavy atom. The molecule has 0 saturated carbocycles. The van der Waals surface area contributed by atoms with Gasteiger partial charge in [0.2, 0.25) is 0 Å². The topological polar surface area (TPSA) is 38.3 Å². The summed E-state index contributed by atoms with van der Waals surface area (Å²) in [6.45, 7) is 5.90. The third-order valence-corrected chi connectivity index (χ3v) is 3.69. The maximum Gasteiger partial charge on any atom is 0.261 e. The van der Waals surface area contributed by atoms with E-state index in [-0.39, 0.29) is 11.9 Å². The molecule has 1 N–H and O–H groups in total. The van der Waals surface area contributed by atoms with Gasteiger partial charge >= 0.3 is 0 Å². The summed E-state index contributed by atoms with van der Waals surface area (Å²) in [5.74, 6) is 0.789. The zero-order chi connectivity index (χ0) is 14.5. The van der Waals surface area contributed by atoms with Crippen LogP contribution in [0.4, 0.5) is 0 Å². The Kier molecular flexibility index (Phi) is 5.05. The van der Waals surface area contributed by atoms with E-state index in [1.165, 1.54) is 30.4 Å². The molecule has 0 fully saturated rings. The van der Waals surface area contributed by atoms with Crippen molar-refractivity contribution in [3.63, 3.8) is 0 Å². The maximum atomic E-state index is 12.0. The molecule has 1 atom stereocenters. The van der Waals surface area contributed by atoms with Crippen molar-refractivity contribution in [3.05, 3.63) is 29.3 Å². The van der Waals surface area contributed by atoms with Gasteiger partial charge in [0.25, 0.3) is 5.91 Å². The van der Waals surface area contributed by atoms with E-state index in [1.54, 1.807) is 0 Å². The van der Waals surface area contributed by atoms with E-state index in [0.29, 0.717) is 6.42 Å². The highest BCUT2D eigenvalue weighted by Gasteiger charge is 2.19. The van der Waals surface area contributed by atoms with E-state index in [2.05, 4.69) is 17.4 Å². The van der Waals surface area contributed by atoms with Crippen LogP contribution in [-0.2, 0) is 17.6 Å². The van der Waals surface area contributed by atoms with Crippen LogP contribution in [-0.4, -0.2) is 18.1 Å². The lowest BCUT2D eigenvalue weighted by molar-refractivity contribution is -0.128. The first-order chi connectivity index (χ1) is 9.60. The number of benzene rings is 1. The number of amides is 1. The standard InChI is InChI=1S/C17H25NO2/c1-4-16(17(19)18-12(2)3)20-15-10-9-13-7-5-6-8-14(13)11-15/h9-12,16H,4-8H2,1-3H3,(H,18,19)/t16-/m1/s1. The van der Waals surface area contributed by atoms with Crippen LogP contribution in [0.2, 0.25) is 0 Å². The zero-order valence-electron chi connectivity index (χ0n) is 12.7. The minimum Gasteiger partial charge on any atom is -0.481 e. The first-order valence-corrected chi connectivity index (χ1v) is 7.69. The van der Waals surface area contributed by atoms with Crippen molar-refractivity contribution in [1.29, 1.82) is 0 Å². The fraction of sp³-hybridized carbons (Fsp3) is 0.588. The zero-order valence-corrected chi connectivity index (χ0v) is 12.7. The highest BCUT2D eigenvalue weighted by molar-refractivity contribution is 5.81. The summed E-state index contributed by atoms with van der Waals surface area (Å²) in [7, 11) is 0. The molecule has 0 heterocycles. The second-order valence-electron chi connectivity index (χ2n) is 5.82. The molecule has 0 unspecified atom stereocenters. The molecule has 1 aliphatic rings. The molecule has 1 aromatic rings. The number of hydrogen-bond donors (Lipinski definition) is 1. The lowest BCUT2D eigenvalue weighted by atomic mass is 9.92. The van der Waals surface area contributed by atoms with E-state index in [4.69, 9.17) is 4.74 Å². The highest BCUT2D eigenvalue weighted by Crippen LogP contribution is 2.26. The van der Waals surface area contributed by atoms with Crippen molar-refractivity contribution >= 4 is 5.91 Å². The van der Waals surface area contributed by atoms with Gasteiger partial charge < -0.3 is 10.1 Å². The second-order valence-corrected chi connectivity index (χ2v) is 5.82. The van der Waals surface area contributed by atoms with Gasteiger partial charge in [-0.25, -0.2) is 0 Å². The van der Waals surface area contributed by atoms with Crippen LogP contribution in [0.5, 0.6) is 5.75 Å². The molecule has 0 radical (unpaired) electrons. The molecular formula is C17H25NO2. The average molecular weight is 275 g/mol. The molecule has 0 saturated heterocycles. The highest BCUT2D eigenvalue weighted by atomic mass is 16.5. The summed E-state index contributed by atoms with van der Waals surface area (Å²) < 4.78 is 5.88. The van der Waals surface area contributed by atoms with Crippen molar-refractivity contribution in [2.75, 3.05) is 0 Å². The molecule has 0 aromatic heterocycles. The lowest BCUT2D eigenvalue weighted by Crippen LogP contribution is -2.41. The predicted molar refractivity (Wildman–Crippen MR) is 81.1 cm³/mol. The number of carbonyl (C=O) groups excluding carboxylic acids is 1. The molecule has 0 bridgehead atoms. The van der Waals surface area contributed by atoms with Crippen molar-refractivity contribution in [3.8, 4) is 5.75 Å². The van der Waals surface area contributed by atoms with Gasteiger partial charge in [-0.2, -0.15) is 0 Å². The summed E-state index contributed by atoms with van der Waals surface area (Å²) >= 11 is 0. The van der Waals surface area contributed by atoms with Gasteiger partial charge in [0.15, 0.2) is 6.10 Å². The number of carbonyl (C=O) groups is 1. The maximum absolute atomic E-state index is 12.0. The fourth-order valence-corrected chi connectivity index (χ4v) is 2.65. The van der Waals surface area contributed by atoms with Gasteiger partial charge in [0.05, 0.1) is 0 Å². The van der Waals surface area contributed by atoms with Gasteiger partial charge in [0.1, 0.15) is 5.75 Å². The van der Waals surface area contributed by atoms with Crippen molar-refractivity contribution in [2.45, 2.75) is 65.0 Å². The molecule has 1 amide bonds. The van der Waals surface area contributed by atoms with E-state index >= 15 is 0 Å². The van der Waals surface area contributed by atoms with E-state index in [0.717, 1.165) is 12.2 Å². The summed E-state index contributed by atoms with van der Waals surface area (Å²) in [5, 5.41) is 2.91. The number of aryl methyl sites for hydroxylation is 2. The Morgan fingerprint density at radius 3 is 2.60 bits per heavy atom. The Bertz CT molecular complexity index is 468. The first kappa shape index (κ1) is 14.9. The van der Waals surface area contributed by atoms with Crippen LogP contribution < -0.4 is 10.1 Å². The number of nitrogens with one attached hydrogen (secondary N) is 1. The Morgan fingerprint density at radius 2 is 1.95 bits per heavy atom. The summed E-state index contributed by atoms with van der Waals surface area (Å²) in [5.41, 5.74) is 2.82.